The van der Waals surface area contributed by atoms with Crippen LogP contribution < -0.4 is 5.32 Å². The number of hydrogen-bond acceptors (Lipinski definition) is 5. The molecular weight excluding hydrogens is 292 g/mol. The number of thiophene rings is 1. The maximum absolute atomic E-state index is 12.0. The number of aliphatic carboxylic acids is 1. The third-order valence-electron chi connectivity index (χ3n) is 2.27. The Hall–Kier alpha value is -1.45. The number of likely N-dealkylation sites (N-methyl/N-ethyl adjacent to an activating group) is 1. The number of rotatable bonds is 6. The van der Waals surface area contributed by atoms with E-state index in [4.69, 9.17) is 5.11 Å². The highest BCUT2D eigenvalue weighted by Gasteiger charge is 2.24. The van der Waals surface area contributed by atoms with Crippen molar-refractivity contribution in [1.82, 2.24) is 9.62 Å². The van der Waals surface area contributed by atoms with Crippen molar-refractivity contribution in [2.45, 2.75) is 17.2 Å². The Bertz CT molecular complexity index is 552. The summed E-state index contributed by atoms with van der Waals surface area (Å²) < 4.78 is 25.0. The van der Waals surface area contributed by atoms with Gasteiger partial charge in [0.2, 0.25) is 5.91 Å². The molecule has 1 rings (SSSR count). The van der Waals surface area contributed by atoms with Crippen LogP contribution in [0.5, 0.6) is 0 Å². The lowest BCUT2D eigenvalue weighted by molar-refractivity contribution is -0.141. The lowest BCUT2D eigenvalue weighted by Gasteiger charge is -2.16. The third-order valence-corrected chi connectivity index (χ3v) is 5.45. The van der Waals surface area contributed by atoms with Crippen molar-refractivity contribution >= 4 is 33.2 Å². The van der Waals surface area contributed by atoms with Gasteiger partial charge in [-0.15, -0.1) is 11.3 Å². The summed E-state index contributed by atoms with van der Waals surface area (Å²) >= 11 is 1.05. The van der Waals surface area contributed by atoms with Gasteiger partial charge < -0.3 is 10.4 Å². The first-order chi connectivity index (χ1) is 8.75. The quantitative estimate of drug-likeness (QED) is 0.767. The van der Waals surface area contributed by atoms with Crippen molar-refractivity contribution in [2.24, 2.45) is 0 Å². The van der Waals surface area contributed by atoms with Gasteiger partial charge in [-0.3, -0.25) is 9.59 Å². The molecule has 0 radical (unpaired) electrons. The Morgan fingerprint density at radius 2 is 2.16 bits per heavy atom. The summed E-state index contributed by atoms with van der Waals surface area (Å²) in [4.78, 5) is 22.1. The van der Waals surface area contributed by atoms with Crippen LogP contribution in [0.1, 0.15) is 6.92 Å². The standard InChI is InChI=1S/C10H14N2O5S2/c1-7(10(14)15)11-8(13)6-12(2)19(16,17)9-4-3-5-18-9/h3-5,7H,6H2,1-2H3,(H,11,13)(H,14,15). The molecule has 106 valence electrons. The van der Waals surface area contributed by atoms with E-state index in [1.54, 1.807) is 11.4 Å². The van der Waals surface area contributed by atoms with E-state index in [1.165, 1.54) is 20.0 Å². The molecule has 1 atom stereocenters. The van der Waals surface area contributed by atoms with Gasteiger partial charge in [-0.1, -0.05) is 6.07 Å². The second-order valence-corrected chi connectivity index (χ2v) is 7.04. The molecule has 1 amide bonds. The molecule has 9 heteroatoms. The lowest BCUT2D eigenvalue weighted by atomic mass is 10.3. The van der Waals surface area contributed by atoms with Gasteiger partial charge in [-0.05, 0) is 18.4 Å². The first-order valence-electron chi connectivity index (χ1n) is 5.27. The molecule has 1 unspecified atom stereocenters. The minimum Gasteiger partial charge on any atom is -0.480 e. The first-order valence-corrected chi connectivity index (χ1v) is 7.59. The fourth-order valence-corrected chi connectivity index (χ4v) is 3.53. The zero-order valence-electron chi connectivity index (χ0n) is 10.4. The normalized spacial score (nSPS) is 13.2. The van der Waals surface area contributed by atoms with Crippen molar-refractivity contribution < 1.29 is 23.1 Å². The molecule has 1 aromatic heterocycles. The van der Waals surface area contributed by atoms with Crippen LogP contribution >= 0.6 is 11.3 Å². The molecule has 1 heterocycles. The molecule has 0 aromatic carbocycles. The monoisotopic (exact) mass is 306 g/mol. The van der Waals surface area contributed by atoms with Gasteiger partial charge in [0.15, 0.2) is 0 Å². The first kappa shape index (κ1) is 15.6. The predicted octanol–water partition coefficient (Wildman–Crippen LogP) is -0.0421. The summed E-state index contributed by atoms with van der Waals surface area (Å²) in [5.74, 6) is -1.85. The van der Waals surface area contributed by atoms with Gasteiger partial charge in [0, 0.05) is 7.05 Å². The van der Waals surface area contributed by atoms with Crippen LogP contribution in [0.25, 0.3) is 0 Å². The highest BCUT2D eigenvalue weighted by Crippen LogP contribution is 2.19. The molecule has 0 bridgehead atoms. The zero-order valence-corrected chi connectivity index (χ0v) is 12.0. The number of nitrogens with zero attached hydrogens (tertiary/aromatic N) is 1. The van der Waals surface area contributed by atoms with Gasteiger partial charge in [-0.25, -0.2) is 8.42 Å². The van der Waals surface area contributed by atoms with E-state index in [-0.39, 0.29) is 4.21 Å². The fourth-order valence-electron chi connectivity index (χ4n) is 1.20. The van der Waals surface area contributed by atoms with Crippen molar-refractivity contribution in [3.05, 3.63) is 17.5 Å². The Morgan fingerprint density at radius 3 is 2.63 bits per heavy atom. The molecule has 0 saturated carbocycles. The van der Waals surface area contributed by atoms with Crippen LogP contribution in [-0.2, 0) is 19.6 Å². The van der Waals surface area contributed by atoms with E-state index in [2.05, 4.69) is 5.32 Å². The van der Waals surface area contributed by atoms with Crippen molar-refractivity contribution in [1.29, 1.82) is 0 Å². The van der Waals surface area contributed by atoms with E-state index < -0.39 is 34.5 Å². The molecule has 0 aliphatic carbocycles. The van der Waals surface area contributed by atoms with Gasteiger partial charge in [0.05, 0.1) is 6.54 Å². The Balaban J connectivity index is 2.68. The molecule has 0 aliphatic rings. The molecule has 1 aromatic rings. The largest absolute Gasteiger partial charge is 0.480 e. The van der Waals surface area contributed by atoms with Crippen LogP contribution in [-0.4, -0.2) is 49.3 Å². The summed E-state index contributed by atoms with van der Waals surface area (Å²) in [5, 5.41) is 12.4. The number of carbonyl (C=O) groups excluding carboxylic acids is 1. The number of nitrogens with one attached hydrogen (secondary N) is 1. The second kappa shape index (κ2) is 6.13. The van der Waals surface area contributed by atoms with Crippen molar-refractivity contribution in [2.75, 3.05) is 13.6 Å². The van der Waals surface area contributed by atoms with Crippen molar-refractivity contribution in [3.8, 4) is 0 Å². The minimum absolute atomic E-state index is 0.133. The van der Waals surface area contributed by atoms with Crippen LogP contribution in [0.2, 0.25) is 0 Å². The average molecular weight is 306 g/mol. The van der Waals surface area contributed by atoms with Crippen LogP contribution in [0.4, 0.5) is 0 Å². The summed E-state index contributed by atoms with van der Waals surface area (Å²) in [6.45, 7) is 0.867. The highest BCUT2D eigenvalue weighted by atomic mass is 32.2. The summed E-state index contributed by atoms with van der Waals surface area (Å²) in [6.07, 6.45) is 0. The third kappa shape index (κ3) is 4.01. The summed E-state index contributed by atoms with van der Waals surface area (Å²) in [7, 11) is -2.44. The minimum atomic E-state index is -3.70. The number of carbonyl (C=O) groups is 2. The van der Waals surface area contributed by atoms with Crippen molar-refractivity contribution in [3.63, 3.8) is 0 Å². The molecule has 0 fully saturated rings. The number of amides is 1. The molecule has 0 aliphatic heterocycles. The fraction of sp³-hybridized carbons (Fsp3) is 0.400. The summed E-state index contributed by atoms with van der Waals surface area (Å²) in [6, 6.07) is 1.97. The molecule has 7 nitrogen and oxygen atoms in total. The highest BCUT2D eigenvalue weighted by molar-refractivity contribution is 7.91. The molecule has 2 N–H and O–H groups in total. The van der Waals surface area contributed by atoms with Crippen LogP contribution in [0.3, 0.4) is 0 Å². The maximum atomic E-state index is 12.0. The molecular formula is C10H14N2O5S2. The van der Waals surface area contributed by atoms with E-state index in [1.807, 2.05) is 0 Å². The van der Waals surface area contributed by atoms with E-state index >= 15 is 0 Å². The van der Waals surface area contributed by atoms with Crippen LogP contribution in [0, 0.1) is 0 Å². The topological polar surface area (TPSA) is 104 Å². The van der Waals surface area contributed by atoms with Gasteiger partial charge in [0.1, 0.15) is 10.3 Å². The van der Waals surface area contributed by atoms with Gasteiger partial charge >= 0.3 is 5.97 Å². The van der Waals surface area contributed by atoms with E-state index in [9.17, 15) is 18.0 Å². The zero-order chi connectivity index (χ0) is 14.6. The predicted molar refractivity (Wildman–Crippen MR) is 69.4 cm³/mol. The number of hydrogen-bond donors (Lipinski definition) is 2. The molecule has 0 saturated heterocycles. The van der Waals surface area contributed by atoms with Crippen LogP contribution in [0.15, 0.2) is 21.7 Å². The molecule has 0 spiro atoms. The van der Waals surface area contributed by atoms with E-state index in [0.717, 1.165) is 15.6 Å². The SMILES string of the molecule is CC(NC(=O)CN(C)S(=O)(=O)c1cccs1)C(=O)O. The number of carboxylic acid groups (broad SMARTS) is 1. The Morgan fingerprint density at radius 1 is 1.53 bits per heavy atom. The Labute approximate surface area is 114 Å². The smallest absolute Gasteiger partial charge is 0.325 e. The van der Waals surface area contributed by atoms with Gasteiger partial charge in [-0.2, -0.15) is 4.31 Å². The Kier molecular flexibility index (Phi) is 5.04. The molecule has 19 heavy (non-hydrogen) atoms. The van der Waals surface area contributed by atoms with Gasteiger partial charge in [0.25, 0.3) is 10.0 Å². The number of carboxylic acids is 1. The maximum Gasteiger partial charge on any atom is 0.325 e. The van der Waals surface area contributed by atoms with E-state index in [0.29, 0.717) is 0 Å². The average Bonchev–Trinajstić information content (AvgIpc) is 2.82. The number of sulfonamides is 1. The second-order valence-electron chi connectivity index (χ2n) is 3.82. The lowest BCUT2D eigenvalue weighted by Crippen LogP contribution is -2.44. The summed E-state index contributed by atoms with van der Waals surface area (Å²) in [5.41, 5.74) is 0.